The summed E-state index contributed by atoms with van der Waals surface area (Å²) in [5.74, 6) is 0.996. The van der Waals surface area contributed by atoms with Crippen molar-refractivity contribution in [2.45, 2.75) is 39.2 Å². The van der Waals surface area contributed by atoms with Gasteiger partial charge in [-0.05, 0) is 37.2 Å². The molecule has 170 valence electrons. The number of hydrogen-bond acceptors (Lipinski definition) is 7. The molecule has 1 aromatic rings. The van der Waals surface area contributed by atoms with Crippen LogP contribution < -0.4 is 4.74 Å². The predicted octanol–water partition coefficient (Wildman–Crippen LogP) is 4.09. The number of rotatable bonds is 5. The molecule has 0 N–H and O–H groups in total. The number of nitrogens with zero attached hydrogens (tertiary/aromatic N) is 3. The zero-order valence-electron chi connectivity index (χ0n) is 19.0. The molecule has 3 heterocycles. The third-order valence-electron chi connectivity index (χ3n) is 6.31. The second kappa shape index (κ2) is 9.40. The number of benzene rings is 1. The largest absolute Gasteiger partial charge is 0.496 e. The summed E-state index contributed by atoms with van der Waals surface area (Å²) in [6.45, 7) is 5.64. The summed E-state index contributed by atoms with van der Waals surface area (Å²) in [6.07, 6.45) is 2.34. The fraction of sp³-hybridized carbons (Fsp3) is 0.458. The molecular formula is C24H29N3O4S. The number of carbonyl (C=O) groups is 2. The summed E-state index contributed by atoms with van der Waals surface area (Å²) >= 11 is 1.48. The Hall–Kier alpha value is -2.74. The molecular weight excluding hydrogens is 426 g/mol. The number of hydrogen-bond donors (Lipinski definition) is 0. The van der Waals surface area contributed by atoms with E-state index in [1.807, 2.05) is 46.4 Å². The molecule has 3 aliphatic rings. The number of ether oxygens (including phenoxy) is 2. The number of methoxy groups -OCH3 is 2. The van der Waals surface area contributed by atoms with Crippen LogP contribution in [0.15, 0.2) is 51.6 Å². The van der Waals surface area contributed by atoms with Crippen molar-refractivity contribution in [3.05, 3.63) is 52.2 Å². The van der Waals surface area contributed by atoms with E-state index in [2.05, 4.69) is 11.9 Å². The maximum absolute atomic E-state index is 13.1. The number of esters is 1. The van der Waals surface area contributed by atoms with Crippen LogP contribution in [0.4, 0.5) is 0 Å². The number of allylic oxidation sites excluding steroid dienone is 1. The molecule has 32 heavy (non-hydrogen) atoms. The number of carbonyl (C=O) groups excluding carboxylic acids is 2. The highest BCUT2D eigenvalue weighted by Crippen LogP contribution is 2.47. The molecule has 0 unspecified atom stereocenters. The van der Waals surface area contributed by atoms with Crippen LogP contribution in [0.1, 0.15) is 44.7 Å². The number of fused-ring (bicyclic) bond motifs is 1. The number of thioether (sulfide) groups is 1. The topological polar surface area (TPSA) is 71.4 Å². The normalized spacial score (nSPS) is 21.2. The van der Waals surface area contributed by atoms with Crippen molar-refractivity contribution >= 4 is 28.8 Å². The molecule has 4 rings (SSSR count). The van der Waals surface area contributed by atoms with E-state index in [4.69, 9.17) is 9.47 Å². The van der Waals surface area contributed by atoms with Crippen molar-refractivity contribution in [3.8, 4) is 5.75 Å². The Morgan fingerprint density at radius 2 is 1.91 bits per heavy atom. The number of amides is 1. The number of para-hydroxylation sites is 1. The van der Waals surface area contributed by atoms with Gasteiger partial charge in [0.25, 0.3) is 0 Å². The van der Waals surface area contributed by atoms with Crippen LogP contribution in [0.5, 0.6) is 5.75 Å². The zero-order valence-corrected chi connectivity index (χ0v) is 19.8. The summed E-state index contributed by atoms with van der Waals surface area (Å²) in [7, 11) is 2.99. The lowest BCUT2D eigenvalue weighted by molar-refractivity contribution is -0.136. The van der Waals surface area contributed by atoms with Crippen molar-refractivity contribution in [1.29, 1.82) is 0 Å². The summed E-state index contributed by atoms with van der Waals surface area (Å²) in [6, 6.07) is 7.14. The summed E-state index contributed by atoms with van der Waals surface area (Å²) < 4.78 is 10.7. The highest BCUT2D eigenvalue weighted by Gasteiger charge is 2.42. The fourth-order valence-corrected chi connectivity index (χ4v) is 5.42. The van der Waals surface area contributed by atoms with Crippen LogP contribution in [0, 0.1) is 5.92 Å². The van der Waals surface area contributed by atoms with Crippen LogP contribution in [-0.4, -0.2) is 54.2 Å². The highest BCUT2D eigenvalue weighted by molar-refractivity contribution is 8.16. The van der Waals surface area contributed by atoms with E-state index in [1.165, 1.54) is 18.9 Å². The minimum Gasteiger partial charge on any atom is -0.496 e. The van der Waals surface area contributed by atoms with Gasteiger partial charge in [-0.3, -0.25) is 4.79 Å². The fourth-order valence-electron chi connectivity index (χ4n) is 4.45. The molecule has 0 aliphatic carbocycles. The van der Waals surface area contributed by atoms with Gasteiger partial charge in [-0.15, -0.1) is 0 Å². The molecule has 1 atom stereocenters. The second-order valence-electron chi connectivity index (χ2n) is 8.37. The Morgan fingerprint density at radius 3 is 2.59 bits per heavy atom. The van der Waals surface area contributed by atoms with Gasteiger partial charge in [-0.1, -0.05) is 36.9 Å². The van der Waals surface area contributed by atoms with Crippen molar-refractivity contribution in [2.24, 2.45) is 10.9 Å². The number of likely N-dealkylation sites (tertiary alicyclic amines) is 1. The Labute approximate surface area is 193 Å². The van der Waals surface area contributed by atoms with Gasteiger partial charge in [0.1, 0.15) is 5.75 Å². The van der Waals surface area contributed by atoms with Crippen LogP contribution in [-0.2, 0) is 14.3 Å². The maximum atomic E-state index is 13.1. The smallest absolute Gasteiger partial charge is 0.338 e. The lowest BCUT2D eigenvalue weighted by Gasteiger charge is -2.37. The molecule has 7 nitrogen and oxygen atoms in total. The molecule has 0 radical (unpaired) electrons. The summed E-state index contributed by atoms with van der Waals surface area (Å²) in [5.41, 5.74) is 2.72. The molecule has 1 saturated heterocycles. The quantitative estimate of drug-likeness (QED) is 0.623. The van der Waals surface area contributed by atoms with E-state index >= 15 is 0 Å². The average Bonchev–Trinajstić information content (AvgIpc) is 3.19. The molecule has 1 aromatic carbocycles. The van der Waals surface area contributed by atoms with Gasteiger partial charge in [-0.2, -0.15) is 0 Å². The first-order chi connectivity index (χ1) is 15.4. The van der Waals surface area contributed by atoms with E-state index in [-0.39, 0.29) is 12.3 Å². The highest BCUT2D eigenvalue weighted by atomic mass is 32.2. The van der Waals surface area contributed by atoms with E-state index in [9.17, 15) is 9.59 Å². The predicted molar refractivity (Wildman–Crippen MR) is 125 cm³/mol. The molecule has 0 bridgehead atoms. The average molecular weight is 456 g/mol. The molecule has 3 aliphatic heterocycles. The van der Waals surface area contributed by atoms with E-state index in [1.54, 1.807) is 7.11 Å². The number of piperidine rings is 1. The minimum atomic E-state index is -0.485. The standard InChI is InChI=1S/C24H29N3O4S/c1-15-9-11-26(12-10-15)20(28)13-17-14-32-24-25-16(2)21(23(29)31-4)22(27(17)24)18-7-5-6-8-19(18)30-3/h5-8,14-15,22H,9-13H2,1-4H3/t22-/m1/s1. The van der Waals surface area contributed by atoms with Crippen molar-refractivity contribution < 1.29 is 19.1 Å². The molecule has 0 saturated carbocycles. The third kappa shape index (κ3) is 4.16. The Balaban J connectivity index is 1.69. The van der Waals surface area contributed by atoms with Gasteiger partial charge in [0, 0.05) is 24.4 Å². The van der Waals surface area contributed by atoms with Gasteiger partial charge in [-0.25, -0.2) is 9.79 Å². The molecule has 1 fully saturated rings. The van der Waals surface area contributed by atoms with E-state index < -0.39 is 12.0 Å². The van der Waals surface area contributed by atoms with Crippen molar-refractivity contribution in [1.82, 2.24) is 9.80 Å². The van der Waals surface area contributed by atoms with Crippen LogP contribution in [0.3, 0.4) is 0 Å². The molecule has 0 spiro atoms. The number of aliphatic imine (C=N–C) groups is 1. The van der Waals surface area contributed by atoms with Crippen molar-refractivity contribution in [2.75, 3.05) is 27.3 Å². The lowest BCUT2D eigenvalue weighted by atomic mass is 9.93. The minimum absolute atomic E-state index is 0.106. The summed E-state index contributed by atoms with van der Waals surface area (Å²) in [5, 5.41) is 2.72. The second-order valence-corrected chi connectivity index (χ2v) is 9.20. The first kappa shape index (κ1) is 22.5. The monoisotopic (exact) mass is 455 g/mol. The first-order valence-corrected chi connectivity index (χ1v) is 11.8. The maximum Gasteiger partial charge on any atom is 0.338 e. The SMILES string of the molecule is COC(=O)C1=C(C)N=C2SC=C(CC(=O)N3CCC(C)CC3)N2[C@@H]1c1ccccc1OC. The van der Waals surface area contributed by atoms with E-state index in [0.717, 1.165) is 42.4 Å². The molecule has 0 aromatic heterocycles. The molecule has 8 heteroatoms. The van der Waals surface area contributed by atoms with E-state index in [0.29, 0.717) is 22.9 Å². The summed E-state index contributed by atoms with van der Waals surface area (Å²) in [4.78, 5) is 34.6. The number of amidine groups is 1. The van der Waals surface area contributed by atoms with Crippen molar-refractivity contribution in [3.63, 3.8) is 0 Å². The Bertz CT molecular complexity index is 1010. The van der Waals surface area contributed by atoms with Gasteiger partial charge < -0.3 is 19.3 Å². The Morgan fingerprint density at radius 1 is 1.19 bits per heavy atom. The Kier molecular flexibility index (Phi) is 6.60. The molecule has 1 amide bonds. The first-order valence-electron chi connectivity index (χ1n) is 10.9. The third-order valence-corrected chi connectivity index (χ3v) is 7.20. The van der Waals surface area contributed by atoms with Gasteiger partial charge >= 0.3 is 5.97 Å². The lowest BCUT2D eigenvalue weighted by Crippen LogP contribution is -2.41. The zero-order chi connectivity index (χ0) is 22.8. The van der Waals surface area contributed by atoms with Crippen LogP contribution in [0.2, 0.25) is 0 Å². The van der Waals surface area contributed by atoms with Gasteiger partial charge in [0.15, 0.2) is 5.17 Å². The van der Waals surface area contributed by atoms with Gasteiger partial charge in [0.05, 0.1) is 38.0 Å². The van der Waals surface area contributed by atoms with Crippen LogP contribution in [0.25, 0.3) is 0 Å². The van der Waals surface area contributed by atoms with Gasteiger partial charge in [0.2, 0.25) is 5.91 Å². The van der Waals surface area contributed by atoms with Crippen LogP contribution >= 0.6 is 11.8 Å².